The molecule has 0 radical (unpaired) electrons. The van der Waals surface area contributed by atoms with Crippen LogP contribution in [0.5, 0.6) is 0 Å². The summed E-state index contributed by atoms with van der Waals surface area (Å²) in [4.78, 5) is 21.0. The van der Waals surface area contributed by atoms with Crippen LogP contribution >= 0.6 is 11.8 Å². The molecule has 4 heteroatoms. The molecule has 0 bridgehead atoms. The highest BCUT2D eigenvalue weighted by Gasteiger charge is 2.15. The van der Waals surface area contributed by atoms with E-state index in [0.29, 0.717) is 5.82 Å². The van der Waals surface area contributed by atoms with Gasteiger partial charge in [0.05, 0.1) is 5.69 Å². The number of nitrogens with zero attached hydrogens (tertiary/aromatic N) is 1. The monoisotopic (exact) mass is 286 g/mol. The van der Waals surface area contributed by atoms with Crippen molar-refractivity contribution in [2.45, 2.75) is 37.5 Å². The smallest absolute Gasteiger partial charge is 0.254 e. The van der Waals surface area contributed by atoms with Gasteiger partial charge in [-0.2, -0.15) is 0 Å². The Hall–Kier alpha value is -1.55. The average Bonchev–Trinajstić information content (AvgIpc) is 2.48. The Morgan fingerprint density at radius 2 is 1.95 bits per heavy atom. The summed E-state index contributed by atoms with van der Waals surface area (Å²) in [7, 11) is 0. The lowest BCUT2D eigenvalue weighted by Crippen LogP contribution is -2.21. The Kier molecular flexibility index (Phi) is 3.92. The molecule has 0 spiro atoms. The van der Waals surface area contributed by atoms with Crippen LogP contribution in [-0.4, -0.2) is 15.7 Å². The van der Waals surface area contributed by atoms with Crippen molar-refractivity contribution in [1.29, 1.82) is 0 Å². The number of hydrogen-bond acceptors (Lipinski definition) is 3. The molecule has 0 fully saturated rings. The Morgan fingerprint density at radius 1 is 1.20 bits per heavy atom. The third-order valence-corrected chi connectivity index (χ3v) is 4.52. The number of nitrogens with one attached hydrogen (secondary N) is 1. The molecule has 0 amide bonds. The summed E-state index contributed by atoms with van der Waals surface area (Å²) >= 11 is 1.81. The first-order valence-corrected chi connectivity index (χ1v) is 8.12. The van der Waals surface area contributed by atoms with Gasteiger partial charge >= 0.3 is 0 Å². The van der Waals surface area contributed by atoms with Gasteiger partial charge in [0.15, 0.2) is 0 Å². The average molecular weight is 286 g/mol. The molecule has 104 valence electrons. The Bertz CT molecular complexity index is 661. The maximum absolute atomic E-state index is 12.1. The van der Waals surface area contributed by atoms with Crippen molar-refractivity contribution >= 4 is 11.8 Å². The van der Waals surface area contributed by atoms with Gasteiger partial charge in [0, 0.05) is 16.0 Å². The van der Waals surface area contributed by atoms with Gasteiger partial charge in [-0.3, -0.25) is 4.79 Å². The number of aryl methyl sites for hydroxylation is 1. The summed E-state index contributed by atoms with van der Waals surface area (Å²) in [5.41, 5.74) is 2.90. The van der Waals surface area contributed by atoms with Gasteiger partial charge in [-0.25, -0.2) is 4.98 Å². The van der Waals surface area contributed by atoms with E-state index in [1.807, 2.05) is 23.9 Å². The van der Waals surface area contributed by atoms with Gasteiger partial charge in [-0.15, -0.1) is 11.8 Å². The lowest BCUT2D eigenvalue weighted by molar-refractivity contribution is 0.657. The van der Waals surface area contributed by atoms with Gasteiger partial charge in [0.1, 0.15) is 5.82 Å². The number of hydrogen-bond donors (Lipinski definition) is 1. The van der Waals surface area contributed by atoms with Crippen molar-refractivity contribution in [3.05, 3.63) is 45.9 Å². The highest BCUT2D eigenvalue weighted by Crippen LogP contribution is 2.23. The predicted molar refractivity (Wildman–Crippen MR) is 83.3 cm³/mol. The first kappa shape index (κ1) is 13.4. The fourth-order valence-electron chi connectivity index (χ4n) is 2.62. The molecule has 1 heterocycles. The minimum absolute atomic E-state index is 0.0386. The molecule has 20 heavy (non-hydrogen) atoms. The van der Waals surface area contributed by atoms with Crippen molar-refractivity contribution in [3.63, 3.8) is 0 Å². The number of benzene rings is 1. The minimum atomic E-state index is 0.0386. The highest BCUT2D eigenvalue weighted by atomic mass is 32.2. The van der Waals surface area contributed by atoms with E-state index >= 15 is 0 Å². The lowest BCUT2D eigenvalue weighted by atomic mass is 9.97. The van der Waals surface area contributed by atoms with Gasteiger partial charge in [0.25, 0.3) is 5.56 Å². The van der Waals surface area contributed by atoms with Gasteiger partial charge < -0.3 is 4.98 Å². The van der Waals surface area contributed by atoms with E-state index in [9.17, 15) is 4.79 Å². The van der Waals surface area contributed by atoms with E-state index in [0.717, 1.165) is 48.3 Å². The van der Waals surface area contributed by atoms with Crippen LogP contribution in [0.1, 0.15) is 31.0 Å². The maximum Gasteiger partial charge on any atom is 0.254 e. The van der Waals surface area contributed by atoms with Crippen LogP contribution in [0.25, 0.3) is 11.4 Å². The molecule has 3 nitrogen and oxygen atoms in total. The second kappa shape index (κ2) is 5.83. The van der Waals surface area contributed by atoms with Crippen LogP contribution in [-0.2, 0) is 12.8 Å². The number of rotatable bonds is 3. The maximum atomic E-state index is 12.1. The van der Waals surface area contributed by atoms with Crippen LogP contribution in [0.3, 0.4) is 0 Å². The Morgan fingerprint density at radius 3 is 2.70 bits per heavy atom. The number of aromatic nitrogens is 2. The molecule has 1 aliphatic rings. The topological polar surface area (TPSA) is 45.8 Å². The van der Waals surface area contributed by atoms with Gasteiger partial charge in [0.2, 0.25) is 0 Å². The van der Waals surface area contributed by atoms with Crippen LogP contribution in [0.2, 0.25) is 0 Å². The largest absolute Gasteiger partial charge is 0.306 e. The molecule has 0 unspecified atom stereocenters. The fourth-order valence-corrected chi connectivity index (χ4v) is 3.28. The molecular weight excluding hydrogens is 268 g/mol. The summed E-state index contributed by atoms with van der Waals surface area (Å²) in [6.07, 6.45) is 4.02. The van der Waals surface area contributed by atoms with Crippen LogP contribution in [0.15, 0.2) is 34.0 Å². The SMILES string of the molecule is CCSc1ccc(-c2nc3c(c(=O)[nH]2)CCCC3)cc1. The van der Waals surface area contributed by atoms with Crippen LogP contribution in [0.4, 0.5) is 0 Å². The van der Waals surface area contributed by atoms with Crippen molar-refractivity contribution in [2.75, 3.05) is 5.75 Å². The third-order valence-electron chi connectivity index (χ3n) is 3.63. The Balaban J connectivity index is 1.97. The predicted octanol–water partition coefficient (Wildman–Crippen LogP) is 3.43. The molecule has 3 rings (SSSR count). The molecule has 0 atom stereocenters. The van der Waals surface area contributed by atoms with Crippen molar-refractivity contribution in [3.8, 4) is 11.4 Å². The zero-order chi connectivity index (χ0) is 13.9. The molecule has 0 aliphatic heterocycles. The number of fused-ring (bicyclic) bond motifs is 1. The van der Waals surface area contributed by atoms with E-state index < -0.39 is 0 Å². The van der Waals surface area contributed by atoms with Crippen molar-refractivity contribution < 1.29 is 0 Å². The number of thioether (sulfide) groups is 1. The fraction of sp³-hybridized carbons (Fsp3) is 0.375. The molecule has 2 aromatic rings. The second-order valence-electron chi connectivity index (χ2n) is 5.00. The molecule has 1 N–H and O–H groups in total. The van der Waals surface area contributed by atoms with Gasteiger partial charge in [-0.05, 0) is 43.6 Å². The summed E-state index contributed by atoms with van der Waals surface area (Å²) < 4.78 is 0. The standard InChI is InChI=1S/C16H18N2OS/c1-2-20-12-9-7-11(8-10-12)15-17-14-6-4-3-5-13(14)16(19)18-15/h7-10H,2-6H2,1H3,(H,17,18,19). The zero-order valence-corrected chi connectivity index (χ0v) is 12.4. The highest BCUT2D eigenvalue weighted by molar-refractivity contribution is 7.99. The molecule has 0 saturated carbocycles. The van der Waals surface area contributed by atoms with Crippen LogP contribution < -0.4 is 5.56 Å². The second-order valence-corrected chi connectivity index (χ2v) is 6.34. The first-order chi connectivity index (χ1) is 9.78. The van der Waals surface area contributed by atoms with E-state index in [1.54, 1.807) is 0 Å². The van der Waals surface area contributed by atoms with Gasteiger partial charge in [-0.1, -0.05) is 19.1 Å². The number of H-pyrrole nitrogens is 1. The normalized spacial score (nSPS) is 14.1. The van der Waals surface area contributed by atoms with Crippen molar-refractivity contribution in [2.24, 2.45) is 0 Å². The lowest BCUT2D eigenvalue weighted by Gasteiger charge is -2.14. The quantitative estimate of drug-likeness (QED) is 0.879. The molecule has 1 aromatic carbocycles. The van der Waals surface area contributed by atoms with E-state index in [2.05, 4.69) is 29.0 Å². The van der Waals surface area contributed by atoms with Crippen molar-refractivity contribution in [1.82, 2.24) is 9.97 Å². The molecule has 0 saturated heterocycles. The minimum Gasteiger partial charge on any atom is -0.306 e. The zero-order valence-electron chi connectivity index (χ0n) is 11.6. The summed E-state index contributed by atoms with van der Waals surface area (Å²) in [6, 6.07) is 8.24. The summed E-state index contributed by atoms with van der Waals surface area (Å²) in [6.45, 7) is 2.14. The first-order valence-electron chi connectivity index (χ1n) is 7.13. The summed E-state index contributed by atoms with van der Waals surface area (Å²) in [5, 5.41) is 0. The molecule has 1 aromatic heterocycles. The summed E-state index contributed by atoms with van der Waals surface area (Å²) in [5.74, 6) is 1.76. The number of aromatic amines is 1. The van der Waals surface area contributed by atoms with E-state index in [1.165, 1.54) is 4.90 Å². The van der Waals surface area contributed by atoms with E-state index in [-0.39, 0.29) is 5.56 Å². The third kappa shape index (κ3) is 2.66. The van der Waals surface area contributed by atoms with Crippen LogP contribution in [0, 0.1) is 0 Å². The van der Waals surface area contributed by atoms with E-state index in [4.69, 9.17) is 0 Å². The molecular formula is C16H18N2OS. The Labute approximate surface area is 122 Å². The molecule has 1 aliphatic carbocycles.